The van der Waals surface area contributed by atoms with E-state index in [2.05, 4.69) is 5.32 Å². The van der Waals surface area contributed by atoms with Crippen LogP contribution in [0.4, 0.5) is 15.8 Å². The zero-order valence-electron chi connectivity index (χ0n) is 10.1. The minimum atomic E-state index is -0.584. The number of nitrogens with one attached hydrogen (secondary N) is 2. The molecule has 0 fully saturated rings. The van der Waals surface area contributed by atoms with Crippen LogP contribution in [0.3, 0.4) is 0 Å². The van der Waals surface area contributed by atoms with Gasteiger partial charge >= 0.3 is 0 Å². The average molecular weight is 388 g/mol. The van der Waals surface area contributed by atoms with E-state index < -0.39 is 11.7 Å². The second kappa shape index (κ2) is 6.01. The van der Waals surface area contributed by atoms with Crippen molar-refractivity contribution >= 4 is 39.9 Å². The van der Waals surface area contributed by atoms with Gasteiger partial charge in [0.2, 0.25) is 6.20 Å². The second-order valence-corrected chi connectivity index (χ2v) is 5.10. The SMILES string of the molecule is NNC(=O)c1cc[n+]([O-])cc1Nc1ccc(I)cc1F. The molecule has 104 valence electrons. The Morgan fingerprint density at radius 2 is 2.10 bits per heavy atom. The fourth-order valence-electron chi connectivity index (χ4n) is 1.59. The van der Waals surface area contributed by atoms with Gasteiger partial charge in [-0.25, -0.2) is 10.2 Å². The summed E-state index contributed by atoms with van der Waals surface area (Å²) >= 11 is 1.98. The standard InChI is InChI=1S/C12H10FIN4O2/c13-9-5-7(14)1-2-10(9)16-11-6-18(20)4-3-8(11)12(19)17-15/h1-6,16H,15H2,(H,17,19). The van der Waals surface area contributed by atoms with Crippen molar-refractivity contribution < 1.29 is 13.9 Å². The van der Waals surface area contributed by atoms with E-state index in [0.717, 1.165) is 16.0 Å². The molecule has 1 amide bonds. The van der Waals surface area contributed by atoms with Gasteiger partial charge in [-0.05, 0) is 40.8 Å². The average Bonchev–Trinajstić information content (AvgIpc) is 2.41. The quantitative estimate of drug-likeness (QED) is 0.185. The van der Waals surface area contributed by atoms with Crippen molar-refractivity contribution in [3.8, 4) is 0 Å². The van der Waals surface area contributed by atoms with Crippen LogP contribution < -0.4 is 21.3 Å². The number of nitrogens with zero attached hydrogens (tertiary/aromatic N) is 1. The lowest BCUT2D eigenvalue weighted by Gasteiger charge is -2.11. The molecule has 20 heavy (non-hydrogen) atoms. The highest BCUT2D eigenvalue weighted by atomic mass is 127. The van der Waals surface area contributed by atoms with E-state index >= 15 is 0 Å². The van der Waals surface area contributed by atoms with Crippen LogP contribution in [-0.4, -0.2) is 5.91 Å². The Bertz CT molecular complexity index is 666. The van der Waals surface area contributed by atoms with Crippen LogP contribution in [0.5, 0.6) is 0 Å². The van der Waals surface area contributed by atoms with Gasteiger partial charge in [-0.2, -0.15) is 4.73 Å². The molecule has 1 heterocycles. The number of aromatic nitrogens is 1. The van der Waals surface area contributed by atoms with Crippen LogP contribution in [0.2, 0.25) is 0 Å². The molecule has 6 nitrogen and oxygen atoms in total. The molecule has 0 spiro atoms. The van der Waals surface area contributed by atoms with Crippen molar-refractivity contribution in [2.45, 2.75) is 0 Å². The number of rotatable bonds is 3. The van der Waals surface area contributed by atoms with Crippen molar-refractivity contribution in [1.29, 1.82) is 0 Å². The van der Waals surface area contributed by atoms with E-state index in [4.69, 9.17) is 5.84 Å². The third kappa shape index (κ3) is 3.14. The Balaban J connectivity index is 2.41. The lowest BCUT2D eigenvalue weighted by molar-refractivity contribution is -0.604. The lowest BCUT2D eigenvalue weighted by atomic mass is 10.2. The fourth-order valence-corrected chi connectivity index (χ4v) is 2.04. The van der Waals surface area contributed by atoms with E-state index in [1.165, 1.54) is 18.2 Å². The van der Waals surface area contributed by atoms with Gasteiger partial charge in [0.15, 0.2) is 6.20 Å². The van der Waals surface area contributed by atoms with Gasteiger partial charge in [0.25, 0.3) is 5.91 Å². The molecule has 0 unspecified atom stereocenters. The summed E-state index contributed by atoms with van der Waals surface area (Å²) in [6.07, 6.45) is 2.28. The summed E-state index contributed by atoms with van der Waals surface area (Å²) in [5.74, 6) is 3.99. The fraction of sp³-hybridized carbons (Fsp3) is 0. The van der Waals surface area contributed by atoms with E-state index in [9.17, 15) is 14.4 Å². The molecule has 0 radical (unpaired) electrons. The molecule has 4 N–H and O–H groups in total. The second-order valence-electron chi connectivity index (χ2n) is 3.85. The smallest absolute Gasteiger partial charge is 0.267 e. The first-order chi connectivity index (χ1) is 9.51. The maximum absolute atomic E-state index is 13.8. The zero-order chi connectivity index (χ0) is 14.7. The lowest BCUT2D eigenvalue weighted by Crippen LogP contribution is -2.33. The minimum Gasteiger partial charge on any atom is -0.619 e. The third-order valence-corrected chi connectivity index (χ3v) is 3.18. The predicted molar refractivity (Wildman–Crippen MR) is 79.5 cm³/mol. The summed E-state index contributed by atoms with van der Waals surface area (Å²) in [6.45, 7) is 0. The Morgan fingerprint density at radius 3 is 2.75 bits per heavy atom. The van der Waals surface area contributed by atoms with Gasteiger partial charge in [0.1, 0.15) is 11.5 Å². The highest BCUT2D eigenvalue weighted by Gasteiger charge is 2.15. The molecule has 8 heteroatoms. The van der Waals surface area contributed by atoms with Gasteiger partial charge < -0.3 is 10.5 Å². The van der Waals surface area contributed by atoms with Gasteiger partial charge in [-0.3, -0.25) is 10.2 Å². The first kappa shape index (κ1) is 14.5. The van der Waals surface area contributed by atoms with E-state index in [1.54, 1.807) is 6.07 Å². The summed E-state index contributed by atoms with van der Waals surface area (Å²) < 4.78 is 15.0. The maximum Gasteiger partial charge on any atom is 0.267 e. The van der Waals surface area contributed by atoms with E-state index in [1.807, 2.05) is 28.0 Å². The predicted octanol–water partition coefficient (Wildman–Crippen LogP) is 1.41. The summed E-state index contributed by atoms with van der Waals surface area (Å²) in [4.78, 5) is 11.6. The highest BCUT2D eigenvalue weighted by Crippen LogP contribution is 2.23. The molecule has 0 atom stereocenters. The number of hydrogen-bond donors (Lipinski definition) is 3. The first-order valence-corrected chi connectivity index (χ1v) is 6.55. The Hall–Kier alpha value is -1.94. The number of nitrogen functional groups attached to an aromatic ring is 1. The number of carbonyl (C=O) groups excluding carboxylic acids is 1. The number of benzene rings is 1. The molecular formula is C12H10FIN4O2. The van der Waals surface area contributed by atoms with Crippen LogP contribution in [0, 0.1) is 14.6 Å². The Kier molecular flexibility index (Phi) is 4.35. The minimum absolute atomic E-state index is 0.137. The number of nitrogens with two attached hydrogens (primary N) is 1. The molecule has 0 saturated heterocycles. The summed E-state index contributed by atoms with van der Waals surface area (Å²) in [7, 11) is 0. The van der Waals surface area contributed by atoms with Gasteiger partial charge in [0, 0.05) is 9.64 Å². The summed E-state index contributed by atoms with van der Waals surface area (Å²) in [5, 5.41) is 14.0. The largest absolute Gasteiger partial charge is 0.619 e. The van der Waals surface area contributed by atoms with Crippen molar-refractivity contribution in [2.75, 3.05) is 5.32 Å². The number of amides is 1. The van der Waals surface area contributed by atoms with Gasteiger partial charge in [-0.15, -0.1) is 0 Å². The number of anilines is 2. The Labute approximate surface area is 127 Å². The van der Waals surface area contributed by atoms with Crippen molar-refractivity contribution in [3.63, 3.8) is 0 Å². The summed E-state index contributed by atoms with van der Waals surface area (Å²) in [6, 6.07) is 5.84. The number of hydrazine groups is 1. The number of halogens is 2. The summed E-state index contributed by atoms with van der Waals surface area (Å²) in [5.41, 5.74) is 2.42. The molecule has 1 aromatic carbocycles. The van der Waals surface area contributed by atoms with E-state index in [0.29, 0.717) is 4.73 Å². The normalized spacial score (nSPS) is 10.2. The first-order valence-electron chi connectivity index (χ1n) is 5.47. The maximum atomic E-state index is 13.8. The zero-order valence-corrected chi connectivity index (χ0v) is 12.2. The van der Waals surface area contributed by atoms with Gasteiger partial charge in [0.05, 0.1) is 11.3 Å². The molecule has 0 aliphatic heterocycles. The van der Waals surface area contributed by atoms with Crippen LogP contribution in [0.15, 0.2) is 36.7 Å². The molecule has 1 aromatic heterocycles. The molecule has 0 bridgehead atoms. The van der Waals surface area contributed by atoms with Crippen LogP contribution in [0.25, 0.3) is 0 Å². The number of hydrogen-bond acceptors (Lipinski definition) is 4. The number of pyridine rings is 1. The highest BCUT2D eigenvalue weighted by molar-refractivity contribution is 14.1. The molecule has 2 aromatic rings. The van der Waals surface area contributed by atoms with Crippen LogP contribution >= 0.6 is 22.6 Å². The van der Waals surface area contributed by atoms with Crippen molar-refractivity contribution in [2.24, 2.45) is 5.84 Å². The molecule has 2 rings (SSSR count). The third-order valence-electron chi connectivity index (χ3n) is 2.51. The van der Waals surface area contributed by atoms with E-state index in [-0.39, 0.29) is 16.9 Å². The molecule has 0 aliphatic carbocycles. The number of carbonyl (C=O) groups is 1. The Morgan fingerprint density at radius 1 is 1.35 bits per heavy atom. The van der Waals surface area contributed by atoms with Gasteiger partial charge in [-0.1, -0.05) is 0 Å². The monoisotopic (exact) mass is 388 g/mol. The molecule has 0 saturated carbocycles. The van der Waals surface area contributed by atoms with Crippen molar-refractivity contribution in [3.05, 3.63) is 56.8 Å². The molecule has 0 aliphatic rings. The van der Waals surface area contributed by atoms with Crippen LogP contribution in [-0.2, 0) is 0 Å². The van der Waals surface area contributed by atoms with Crippen molar-refractivity contribution in [1.82, 2.24) is 5.43 Å². The van der Waals surface area contributed by atoms with Crippen LogP contribution in [0.1, 0.15) is 10.4 Å². The topological polar surface area (TPSA) is 94.1 Å². The molecular weight excluding hydrogens is 378 g/mol.